The number of amides is 1. The van der Waals surface area contributed by atoms with Gasteiger partial charge in [-0.05, 0) is 67.3 Å². The van der Waals surface area contributed by atoms with Crippen molar-refractivity contribution in [3.8, 4) is 0 Å². The van der Waals surface area contributed by atoms with Crippen LogP contribution in [0.5, 0.6) is 0 Å². The number of rotatable bonds is 11. The molecule has 0 radical (unpaired) electrons. The van der Waals surface area contributed by atoms with Crippen molar-refractivity contribution < 1.29 is 28.2 Å². The maximum absolute atomic E-state index is 14.0. The molecule has 9 heteroatoms. The van der Waals surface area contributed by atoms with Crippen LogP contribution in [0.25, 0.3) is 10.9 Å². The number of hydrogen-bond donors (Lipinski definition) is 2. The number of carbonyl (C=O) groups is 3. The molecule has 3 N–H and O–H groups in total. The lowest BCUT2D eigenvalue weighted by atomic mass is 9.78. The first kappa shape index (κ1) is 29.9. The molecular weight excluding hydrogens is 537 g/mol. The summed E-state index contributed by atoms with van der Waals surface area (Å²) < 4.78 is 23.3. The number of carbonyl (C=O) groups excluding carboxylic acids is 3. The quantitative estimate of drug-likeness (QED) is 0.255. The minimum Gasteiger partial charge on any atom is -0.459 e. The number of esters is 1. The molecule has 3 aromatic rings. The molecule has 224 valence electrons. The van der Waals surface area contributed by atoms with E-state index in [1.54, 1.807) is 13.2 Å². The molecule has 2 heterocycles. The van der Waals surface area contributed by atoms with Gasteiger partial charge in [-0.3, -0.25) is 9.59 Å². The monoisotopic (exact) mass is 577 g/mol. The molecule has 2 aliphatic rings. The van der Waals surface area contributed by atoms with Crippen molar-refractivity contribution in [2.24, 2.45) is 17.6 Å². The van der Waals surface area contributed by atoms with Crippen LogP contribution in [-0.2, 0) is 25.5 Å². The second-order valence-electron chi connectivity index (χ2n) is 11.6. The molecule has 8 nitrogen and oxygen atoms in total. The number of nitrogens with two attached hydrogens (primary N) is 1. The Hall–Kier alpha value is -3.56. The highest BCUT2D eigenvalue weighted by Crippen LogP contribution is 2.38. The first-order chi connectivity index (χ1) is 20.4. The van der Waals surface area contributed by atoms with Gasteiger partial charge in [-0.2, -0.15) is 0 Å². The summed E-state index contributed by atoms with van der Waals surface area (Å²) in [5.74, 6) is -0.594. The molecule has 5 rings (SSSR count). The highest BCUT2D eigenvalue weighted by molar-refractivity contribution is 5.96. The van der Waals surface area contributed by atoms with Gasteiger partial charge in [-0.15, -0.1) is 0 Å². The number of H-pyrrole nitrogens is 1. The molecule has 1 aliphatic heterocycles. The lowest BCUT2D eigenvalue weighted by Crippen LogP contribution is -2.47. The van der Waals surface area contributed by atoms with Crippen molar-refractivity contribution >= 4 is 28.6 Å². The summed E-state index contributed by atoms with van der Waals surface area (Å²) >= 11 is 0. The first-order valence-electron chi connectivity index (χ1n) is 14.9. The molecule has 0 bridgehead atoms. The fourth-order valence-electron chi connectivity index (χ4n) is 6.65. The summed E-state index contributed by atoms with van der Waals surface area (Å²) in [7, 11) is 1.54. The first-order valence-corrected chi connectivity index (χ1v) is 14.9. The topological polar surface area (TPSA) is 115 Å². The van der Waals surface area contributed by atoms with E-state index in [0.29, 0.717) is 31.7 Å². The maximum atomic E-state index is 14.0. The second-order valence-corrected chi connectivity index (χ2v) is 11.6. The molecule has 0 unspecified atom stereocenters. The Morgan fingerprint density at radius 1 is 1.02 bits per heavy atom. The number of fused-ring (bicyclic) bond motifs is 1. The Bertz CT molecular complexity index is 1380. The van der Waals surface area contributed by atoms with E-state index in [2.05, 4.69) is 4.98 Å². The van der Waals surface area contributed by atoms with Crippen LogP contribution in [0.1, 0.15) is 59.6 Å². The number of halogens is 1. The third kappa shape index (κ3) is 6.57. The number of ether oxygens (including phenoxy) is 2. The van der Waals surface area contributed by atoms with Gasteiger partial charge in [0.25, 0.3) is 0 Å². The zero-order valence-corrected chi connectivity index (χ0v) is 24.1. The van der Waals surface area contributed by atoms with Crippen molar-refractivity contribution in [3.63, 3.8) is 0 Å². The van der Waals surface area contributed by atoms with E-state index >= 15 is 0 Å². The van der Waals surface area contributed by atoms with E-state index in [1.165, 1.54) is 0 Å². The smallest absolute Gasteiger partial charge is 0.354 e. The molecule has 1 aliphatic carbocycles. The number of hydrogen-bond acceptors (Lipinski definition) is 6. The second kappa shape index (κ2) is 13.6. The van der Waals surface area contributed by atoms with E-state index < -0.39 is 24.7 Å². The number of benzene rings is 2. The SMILES string of the molecule is COCCOC(=O)c1cc2cc(CC(=O)[C@@H]3[C@@H](c4ccccc4)CCN3C(=O)C3CCC([C@H](N)CF)CC3)ccc2[nH]1. The molecule has 3 atom stereocenters. The molecule has 1 aromatic heterocycles. The maximum Gasteiger partial charge on any atom is 0.354 e. The van der Waals surface area contributed by atoms with Gasteiger partial charge in [-0.25, -0.2) is 9.18 Å². The van der Waals surface area contributed by atoms with Gasteiger partial charge < -0.3 is 25.1 Å². The predicted molar refractivity (Wildman–Crippen MR) is 158 cm³/mol. The van der Waals surface area contributed by atoms with E-state index in [9.17, 15) is 18.8 Å². The lowest BCUT2D eigenvalue weighted by molar-refractivity contribution is -0.142. The summed E-state index contributed by atoms with van der Waals surface area (Å²) in [6.45, 7) is 0.469. The van der Waals surface area contributed by atoms with Gasteiger partial charge in [-0.1, -0.05) is 36.4 Å². The molecule has 0 spiro atoms. The summed E-state index contributed by atoms with van der Waals surface area (Å²) in [4.78, 5) is 45.1. The number of Topliss-reactive ketones (excluding diaryl/α,β-unsaturated/α-hetero) is 1. The molecule has 42 heavy (non-hydrogen) atoms. The van der Waals surface area contributed by atoms with Gasteiger partial charge in [0, 0.05) is 48.9 Å². The number of methoxy groups -OCH3 is 1. The predicted octanol–water partition coefficient (Wildman–Crippen LogP) is 4.57. The average molecular weight is 578 g/mol. The van der Waals surface area contributed by atoms with Gasteiger partial charge in [0.2, 0.25) is 5.91 Å². The zero-order chi connectivity index (χ0) is 29.6. The summed E-state index contributed by atoms with van der Waals surface area (Å²) in [6, 6.07) is 16.3. The standard InChI is InChI=1S/C33H40FN3O5/c1-41-15-16-42-33(40)29-19-25-17-21(7-12-28(25)36-29)18-30(38)31-26(22-5-3-2-4-6-22)13-14-37(31)32(39)24-10-8-23(9-11-24)27(35)20-34/h2-7,12,17,19,23-24,26-27,31,36H,8-11,13-16,18,20,35H2,1H3/t23?,24?,26-,27-,31+/m1/s1. The van der Waals surface area contributed by atoms with Crippen molar-refractivity contribution in [2.75, 3.05) is 33.5 Å². The van der Waals surface area contributed by atoms with Crippen molar-refractivity contribution in [2.45, 2.75) is 56.5 Å². The van der Waals surface area contributed by atoms with Crippen LogP contribution < -0.4 is 5.73 Å². The number of ketones is 1. The minimum absolute atomic E-state index is 0.00285. The largest absolute Gasteiger partial charge is 0.459 e. The Kier molecular flexibility index (Phi) is 9.69. The summed E-state index contributed by atoms with van der Waals surface area (Å²) in [5, 5.41) is 0.807. The van der Waals surface area contributed by atoms with Crippen LogP contribution in [0.2, 0.25) is 0 Å². The highest BCUT2D eigenvalue weighted by Gasteiger charge is 2.44. The van der Waals surface area contributed by atoms with Crippen LogP contribution in [0.4, 0.5) is 4.39 Å². The lowest BCUT2D eigenvalue weighted by Gasteiger charge is -2.35. The third-order valence-electron chi connectivity index (χ3n) is 8.95. The molecule has 2 aromatic carbocycles. The van der Waals surface area contributed by atoms with Gasteiger partial charge in [0.05, 0.1) is 12.6 Å². The van der Waals surface area contributed by atoms with Gasteiger partial charge in [0.1, 0.15) is 19.0 Å². The van der Waals surface area contributed by atoms with Crippen molar-refractivity contribution in [3.05, 3.63) is 71.4 Å². The fourth-order valence-corrected chi connectivity index (χ4v) is 6.65. The highest BCUT2D eigenvalue weighted by atomic mass is 19.1. The Balaban J connectivity index is 1.33. The van der Waals surface area contributed by atoms with Gasteiger partial charge in [0.15, 0.2) is 5.78 Å². The zero-order valence-electron chi connectivity index (χ0n) is 24.1. The van der Waals surface area contributed by atoms with Crippen LogP contribution in [-0.4, -0.2) is 73.2 Å². The minimum atomic E-state index is -0.557. The van der Waals surface area contributed by atoms with Crippen LogP contribution in [0, 0.1) is 11.8 Å². The summed E-state index contributed by atoms with van der Waals surface area (Å²) in [5.41, 5.74) is 8.92. The van der Waals surface area contributed by atoms with Gasteiger partial charge >= 0.3 is 5.97 Å². The van der Waals surface area contributed by atoms with Crippen LogP contribution in [0.15, 0.2) is 54.6 Å². The summed E-state index contributed by atoms with van der Waals surface area (Å²) in [6.07, 6.45) is 3.70. The molecule has 1 amide bonds. The number of aromatic nitrogens is 1. The van der Waals surface area contributed by atoms with E-state index in [-0.39, 0.29) is 42.5 Å². The Morgan fingerprint density at radius 2 is 1.79 bits per heavy atom. The normalized spacial score (nSPS) is 23.2. The number of nitrogens with zero attached hydrogens (tertiary/aromatic N) is 1. The fraction of sp³-hybridized carbons (Fsp3) is 0.485. The van der Waals surface area contributed by atoms with E-state index in [0.717, 1.165) is 41.3 Å². The number of alkyl halides is 1. The molecule has 2 fully saturated rings. The average Bonchev–Trinajstić information content (AvgIpc) is 3.66. The van der Waals surface area contributed by atoms with Crippen molar-refractivity contribution in [1.29, 1.82) is 0 Å². The van der Waals surface area contributed by atoms with E-state index in [1.807, 2.05) is 53.4 Å². The van der Waals surface area contributed by atoms with Crippen LogP contribution in [0.3, 0.4) is 0 Å². The number of aromatic amines is 1. The Morgan fingerprint density at radius 3 is 2.50 bits per heavy atom. The Labute approximate surface area is 245 Å². The van der Waals surface area contributed by atoms with E-state index in [4.69, 9.17) is 15.2 Å². The molecule has 1 saturated heterocycles. The number of likely N-dealkylation sites (tertiary alicyclic amines) is 1. The molecule has 1 saturated carbocycles. The number of nitrogens with one attached hydrogen (secondary N) is 1. The van der Waals surface area contributed by atoms with Crippen molar-refractivity contribution in [1.82, 2.24) is 9.88 Å². The third-order valence-corrected chi connectivity index (χ3v) is 8.95. The molecular formula is C33H40FN3O5. The van der Waals surface area contributed by atoms with Crippen LogP contribution >= 0.6 is 0 Å².